The van der Waals surface area contributed by atoms with Gasteiger partial charge in [0.15, 0.2) is 17.5 Å². The third-order valence-corrected chi connectivity index (χ3v) is 10.6. The van der Waals surface area contributed by atoms with Gasteiger partial charge in [-0.2, -0.15) is 0 Å². The summed E-state index contributed by atoms with van der Waals surface area (Å²) in [6.07, 6.45) is 0. The number of benzene rings is 7. The molecule has 246 valence electrons. The van der Waals surface area contributed by atoms with E-state index in [1.54, 1.807) is 0 Å². The van der Waals surface area contributed by atoms with E-state index in [2.05, 4.69) is 111 Å². The van der Waals surface area contributed by atoms with Gasteiger partial charge in [-0.3, -0.25) is 0 Å². The lowest BCUT2D eigenvalue weighted by Gasteiger charge is -2.22. The summed E-state index contributed by atoms with van der Waals surface area (Å²) in [6.45, 7) is 4.65. The molecule has 4 nitrogen and oxygen atoms in total. The summed E-state index contributed by atoms with van der Waals surface area (Å²) in [6, 6.07) is 57.2. The predicted molar refractivity (Wildman–Crippen MR) is 212 cm³/mol. The molecule has 0 N–H and O–H groups in total. The van der Waals surface area contributed by atoms with E-state index in [1.807, 2.05) is 66.7 Å². The molecule has 52 heavy (non-hydrogen) atoms. The molecule has 10 rings (SSSR count). The molecular weight excluding hydrogens is 635 g/mol. The molecule has 0 saturated carbocycles. The normalized spacial score (nSPS) is 13.0. The van der Waals surface area contributed by atoms with Gasteiger partial charge in [-0.05, 0) is 51.1 Å². The number of furan rings is 1. The van der Waals surface area contributed by atoms with Gasteiger partial charge in [-0.15, -0.1) is 0 Å². The zero-order chi connectivity index (χ0) is 34.8. The van der Waals surface area contributed by atoms with E-state index in [4.69, 9.17) is 19.4 Å². The van der Waals surface area contributed by atoms with Crippen LogP contribution < -0.4 is 0 Å². The second-order valence-corrected chi connectivity index (χ2v) is 14.0. The van der Waals surface area contributed by atoms with Gasteiger partial charge in [0.05, 0.1) is 0 Å². The summed E-state index contributed by atoms with van der Waals surface area (Å²) in [4.78, 5) is 14.6. The highest BCUT2D eigenvalue weighted by Crippen LogP contribution is 2.53. The maximum Gasteiger partial charge on any atom is 0.164 e. The molecule has 0 aliphatic heterocycles. The minimum absolute atomic E-state index is 0.141. The molecule has 0 fully saturated rings. The van der Waals surface area contributed by atoms with Crippen molar-refractivity contribution in [2.45, 2.75) is 19.3 Å². The largest absolute Gasteiger partial charge is 0.455 e. The van der Waals surface area contributed by atoms with Gasteiger partial charge in [-0.25, -0.2) is 15.0 Å². The zero-order valence-corrected chi connectivity index (χ0v) is 28.8. The molecule has 7 aromatic carbocycles. The number of fused-ring (bicyclic) bond motifs is 7. The van der Waals surface area contributed by atoms with Crippen LogP contribution in [0.25, 0.3) is 89.5 Å². The Bertz CT molecular complexity index is 2720. The van der Waals surface area contributed by atoms with Crippen molar-refractivity contribution in [1.29, 1.82) is 0 Å². The summed E-state index contributed by atoms with van der Waals surface area (Å²) in [7, 11) is 0. The Hall–Kier alpha value is -6.65. The molecule has 0 atom stereocenters. The molecule has 0 amide bonds. The SMILES string of the molecule is CC1(C)c2cc(-c3ccc(-c4ccc(-c5nc(-c6ccccc6)nc(-c6ccccc6)n5)cc4)cc3)ccc2-c2c1ccc1c2oc2ccccc21. The highest BCUT2D eigenvalue weighted by Gasteiger charge is 2.38. The van der Waals surface area contributed by atoms with Crippen LogP contribution in [0.3, 0.4) is 0 Å². The second-order valence-electron chi connectivity index (χ2n) is 14.0. The number of hydrogen-bond donors (Lipinski definition) is 0. The van der Waals surface area contributed by atoms with Crippen LogP contribution in [0.5, 0.6) is 0 Å². The van der Waals surface area contributed by atoms with Crippen molar-refractivity contribution in [3.05, 3.63) is 175 Å². The van der Waals surface area contributed by atoms with Gasteiger partial charge < -0.3 is 4.42 Å². The van der Waals surface area contributed by atoms with E-state index in [-0.39, 0.29) is 5.41 Å². The summed E-state index contributed by atoms with van der Waals surface area (Å²) < 4.78 is 6.49. The first kappa shape index (κ1) is 30.2. The summed E-state index contributed by atoms with van der Waals surface area (Å²) in [5.74, 6) is 1.97. The van der Waals surface area contributed by atoms with Crippen molar-refractivity contribution in [3.8, 4) is 67.5 Å². The molecule has 0 bridgehead atoms. The molecule has 4 heteroatoms. The maximum absolute atomic E-state index is 6.49. The lowest BCUT2D eigenvalue weighted by molar-refractivity contribution is 0.653. The van der Waals surface area contributed by atoms with Gasteiger partial charge in [0, 0.05) is 38.4 Å². The van der Waals surface area contributed by atoms with E-state index in [9.17, 15) is 0 Å². The fourth-order valence-electron chi connectivity index (χ4n) is 7.79. The highest BCUT2D eigenvalue weighted by molar-refractivity contribution is 6.11. The number of aromatic nitrogens is 3. The van der Waals surface area contributed by atoms with Crippen molar-refractivity contribution >= 4 is 21.9 Å². The van der Waals surface area contributed by atoms with Gasteiger partial charge in [0.25, 0.3) is 0 Å². The molecule has 1 aliphatic carbocycles. The molecule has 2 aromatic heterocycles. The fraction of sp³-hybridized carbons (Fsp3) is 0.0625. The number of hydrogen-bond acceptors (Lipinski definition) is 4. The molecular formula is C48H33N3O. The third-order valence-electron chi connectivity index (χ3n) is 10.6. The highest BCUT2D eigenvalue weighted by atomic mass is 16.3. The topological polar surface area (TPSA) is 51.8 Å². The molecule has 2 heterocycles. The van der Waals surface area contributed by atoms with Crippen LogP contribution in [0.2, 0.25) is 0 Å². The molecule has 9 aromatic rings. The zero-order valence-electron chi connectivity index (χ0n) is 28.8. The Morgan fingerprint density at radius 3 is 1.48 bits per heavy atom. The summed E-state index contributed by atoms with van der Waals surface area (Å²) in [5, 5.41) is 2.34. The van der Waals surface area contributed by atoms with Crippen LogP contribution >= 0.6 is 0 Å². The smallest absolute Gasteiger partial charge is 0.164 e. The minimum Gasteiger partial charge on any atom is -0.455 e. The van der Waals surface area contributed by atoms with Crippen LogP contribution in [-0.4, -0.2) is 15.0 Å². The van der Waals surface area contributed by atoms with E-state index < -0.39 is 0 Å². The first-order valence-electron chi connectivity index (χ1n) is 17.7. The van der Waals surface area contributed by atoms with Gasteiger partial charge in [0.2, 0.25) is 0 Å². The number of para-hydroxylation sites is 1. The number of rotatable bonds is 5. The Morgan fingerprint density at radius 1 is 0.404 bits per heavy atom. The molecule has 0 spiro atoms. The average Bonchev–Trinajstić information content (AvgIpc) is 3.70. The summed E-state index contributed by atoms with van der Waals surface area (Å²) in [5.41, 5.74) is 14.5. The van der Waals surface area contributed by atoms with Crippen molar-refractivity contribution in [2.24, 2.45) is 0 Å². The van der Waals surface area contributed by atoms with Crippen LogP contribution in [-0.2, 0) is 5.41 Å². The Labute approximate surface area is 302 Å². The standard InChI is InChI=1S/C48H33N3O/c1-48(2)40-28-27-38-37-15-9-10-16-42(37)52-44(38)43(40)39-26-25-36(29-41(39)48)32-19-17-30(18-20-32)31-21-23-35(24-22-31)47-50-45(33-11-5-3-6-12-33)49-46(51-47)34-13-7-4-8-14-34/h3-29H,1-2H3. The van der Waals surface area contributed by atoms with E-state index in [1.165, 1.54) is 38.8 Å². The number of nitrogens with zero attached hydrogens (tertiary/aromatic N) is 3. The Morgan fingerprint density at radius 2 is 0.885 bits per heavy atom. The van der Waals surface area contributed by atoms with Crippen molar-refractivity contribution in [3.63, 3.8) is 0 Å². The fourth-order valence-corrected chi connectivity index (χ4v) is 7.79. The second kappa shape index (κ2) is 11.7. The molecule has 0 unspecified atom stereocenters. The van der Waals surface area contributed by atoms with E-state index in [0.717, 1.165) is 44.4 Å². The van der Waals surface area contributed by atoms with Gasteiger partial charge in [0.1, 0.15) is 11.2 Å². The summed E-state index contributed by atoms with van der Waals surface area (Å²) >= 11 is 0. The monoisotopic (exact) mass is 667 g/mol. The van der Waals surface area contributed by atoms with E-state index >= 15 is 0 Å². The quantitative estimate of drug-likeness (QED) is 0.183. The Kier molecular flexibility index (Phi) is 6.80. The first-order chi connectivity index (χ1) is 25.5. The van der Waals surface area contributed by atoms with Crippen LogP contribution in [0.4, 0.5) is 0 Å². The molecule has 1 aliphatic rings. The third kappa shape index (κ3) is 4.87. The Balaban J connectivity index is 0.959. The van der Waals surface area contributed by atoms with Crippen molar-refractivity contribution in [1.82, 2.24) is 15.0 Å². The molecule has 0 saturated heterocycles. The van der Waals surface area contributed by atoms with Crippen LogP contribution in [0.1, 0.15) is 25.0 Å². The maximum atomic E-state index is 6.49. The van der Waals surface area contributed by atoms with Crippen LogP contribution in [0.15, 0.2) is 168 Å². The van der Waals surface area contributed by atoms with Gasteiger partial charge >= 0.3 is 0 Å². The van der Waals surface area contributed by atoms with Gasteiger partial charge in [-0.1, -0.05) is 166 Å². The average molecular weight is 668 g/mol. The minimum atomic E-state index is -0.141. The lowest BCUT2D eigenvalue weighted by Crippen LogP contribution is -2.14. The van der Waals surface area contributed by atoms with Crippen LogP contribution in [0, 0.1) is 0 Å². The first-order valence-corrected chi connectivity index (χ1v) is 17.7. The van der Waals surface area contributed by atoms with Crippen molar-refractivity contribution in [2.75, 3.05) is 0 Å². The molecule has 0 radical (unpaired) electrons. The van der Waals surface area contributed by atoms with E-state index in [0.29, 0.717) is 17.5 Å². The van der Waals surface area contributed by atoms with Crippen molar-refractivity contribution < 1.29 is 4.42 Å². The predicted octanol–water partition coefficient (Wildman–Crippen LogP) is 12.4. The lowest BCUT2D eigenvalue weighted by atomic mass is 9.81.